The highest BCUT2D eigenvalue weighted by atomic mass is 32.2. The molecule has 0 bridgehead atoms. The Balaban J connectivity index is 1.52. The van der Waals surface area contributed by atoms with Gasteiger partial charge in [-0.2, -0.15) is 4.31 Å². The zero-order valence-corrected chi connectivity index (χ0v) is 15.6. The number of aromatic nitrogens is 1. The fourth-order valence-electron chi connectivity index (χ4n) is 3.01. The third-order valence-corrected chi connectivity index (χ3v) is 6.21. The van der Waals surface area contributed by atoms with Gasteiger partial charge in [0.25, 0.3) is 0 Å². The van der Waals surface area contributed by atoms with E-state index in [0.29, 0.717) is 11.5 Å². The molecule has 3 heterocycles. The molecule has 4 rings (SSSR count). The number of amides is 1. The molecule has 0 saturated carbocycles. The van der Waals surface area contributed by atoms with E-state index in [1.807, 2.05) is 30.3 Å². The van der Waals surface area contributed by atoms with Crippen LogP contribution in [0.2, 0.25) is 0 Å². The van der Waals surface area contributed by atoms with Gasteiger partial charge in [-0.25, -0.2) is 8.42 Å². The second-order valence-electron chi connectivity index (χ2n) is 6.27. The summed E-state index contributed by atoms with van der Waals surface area (Å²) in [6, 6.07) is 14.4. The Morgan fingerprint density at radius 1 is 1.18 bits per heavy atom. The van der Waals surface area contributed by atoms with Gasteiger partial charge in [0.15, 0.2) is 5.88 Å². The van der Waals surface area contributed by atoms with Gasteiger partial charge in [-0.3, -0.25) is 15.1 Å². The summed E-state index contributed by atoms with van der Waals surface area (Å²) in [5, 5.41) is 2.53. The normalized spacial score (nSPS) is 13.9. The van der Waals surface area contributed by atoms with Crippen LogP contribution in [0.25, 0.3) is 11.3 Å². The maximum Gasteiger partial charge on any atom is 0.250 e. The first kappa shape index (κ1) is 18.1. The van der Waals surface area contributed by atoms with Crippen molar-refractivity contribution in [2.45, 2.75) is 18.0 Å². The standard InChI is InChI=1S/C20H17N3O4S/c1-2-19(24)22-20-10-15-12-23(13-18(15)27-20)28(25,26)16-8-9-17(21-11-16)14-6-4-3-5-7-14/h2-11H,1,12-13H2,(H,22,24). The summed E-state index contributed by atoms with van der Waals surface area (Å²) in [4.78, 5) is 15.8. The number of nitrogens with zero attached hydrogens (tertiary/aromatic N) is 2. The molecule has 8 heteroatoms. The van der Waals surface area contributed by atoms with Crippen molar-refractivity contribution in [3.05, 3.63) is 78.7 Å². The number of hydrogen-bond donors (Lipinski definition) is 1. The minimum Gasteiger partial charge on any atom is -0.444 e. The summed E-state index contributed by atoms with van der Waals surface area (Å²) in [6.07, 6.45) is 2.50. The lowest BCUT2D eigenvalue weighted by molar-refractivity contribution is -0.112. The second kappa shape index (κ2) is 7.06. The lowest BCUT2D eigenvalue weighted by Gasteiger charge is -2.15. The molecule has 0 spiro atoms. The molecule has 1 N–H and O–H groups in total. The summed E-state index contributed by atoms with van der Waals surface area (Å²) in [7, 11) is -3.71. The third-order valence-electron chi connectivity index (χ3n) is 4.44. The number of sulfonamides is 1. The van der Waals surface area contributed by atoms with Crippen molar-refractivity contribution in [2.24, 2.45) is 0 Å². The number of hydrogen-bond acceptors (Lipinski definition) is 5. The van der Waals surface area contributed by atoms with Crippen molar-refractivity contribution in [3.63, 3.8) is 0 Å². The second-order valence-corrected chi connectivity index (χ2v) is 8.21. The maximum atomic E-state index is 12.9. The van der Waals surface area contributed by atoms with Crippen LogP contribution in [-0.4, -0.2) is 23.6 Å². The molecule has 142 valence electrons. The Morgan fingerprint density at radius 2 is 1.96 bits per heavy atom. The smallest absolute Gasteiger partial charge is 0.250 e. The van der Waals surface area contributed by atoms with Crippen LogP contribution in [0.15, 0.2) is 76.7 Å². The molecule has 0 atom stereocenters. The van der Waals surface area contributed by atoms with Gasteiger partial charge in [-0.15, -0.1) is 0 Å². The molecule has 1 aromatic carbocycles. The van der Waals surface area contributed by atoms with Crippen molar-refractivity contribution in [3.8, 4) is 11.3 Å². The first-order valence-corrected chi connectivity index (χ1v) is 9.98. The van der Waals surface area contributed by atoms with Gasteiger partial charge >= 0.3 is 0 Å². The molecule has 0 fully saturated rings. The molecule has 2 aromatic heterocycles. The Hall–Kier alpha value is -3.23. The summed E-state index contributed by atoms with van der Waals surface area (Å²) >= 11 is 0. The Morgan fingerprint density at radius 3 is 2.61 bits per heavy atom. The van der Waals surface area contributed by atoms with Crippen molar-refractivity contribution >= 4 is 21.8 Å². The fraction of sp³-hybridized carbons (Fsp3) is 0.100. The molecule has 3 aromatic rings. The zero-order chi connectivity index (χ0) is 19.7. The first-order chi connectivity index (χ1) is 13.5. The highest BCUT2D eigenvalue weighted by Crippen LogP contribution is 2.32. The van der Waals surface area contributed by atoms with Crippen molar-refractivity contribution in [1.82, 2.24) is 9.29 Å². The third kappa shape index (κ3) is 3.35. The predicted molar refractivity (Wildman–Crippen MR) is 104 cm³/mol. The van der Waals surface area contributed by atoms with Crippen LogP contribution < -0.4 is 5.32 Å². The topological polar surface area (TPSA) is 92.5 Å². The molecule has 1 amide bonds. The number of nitrogens with one attached hydrogen (secondary N) is 1. The number of anilines is 1. The highest BCUT2D eigenvalue weighted by molar-refractivity contribution is 7.89. The summed E-state index contributed by atoms with van der Waals surface area (Å²) < 4.78 is 32.7. The lowest BCUT2D eigenvalue weighted by atomic mass is 10.1. The van der Waals surface area contributed by atoms with Gasteiger partial charge < -0.3 is 4.42 Å². The van der Waals surface area contributed by atoms with E-state index in [4.69, 9.17) is 4.42 Å². The zero-order valence-electron chi connectivity index (χ0n) is 14.8. The number of benzene rings is 1. The molecular formula is C20H17N3O4S. The highest BCUT2D eigenvalue weighted by Gasteiger charge is 2.33. The molecule has 0 aliphatic carbocycles. The van der Waals surface area contributed by atoms with Gasteiger partial charge in [0.05, 0.1) is 12.2 Å². The minimum atomic E-state index is -3.71. The number of rotatable bonds is 5. The molecule has 0 saturated heterocycles. The number of carbonyl (C=O) groups is 1. The van der Waals surface area contributed by atoms with Crippen molar-refractivity contribution in [2.75, 3.05) is 5.32 Å². The molecule has 1 aliphatic rings. The molecule has 1 aliphatic heterocycles. The SMILES string of the molecule is C=CC(=O)Nc1cc2c(o1)CN(S(=O)(=O)c1ccc(-c3ccccc3)nc1)C2. The first-order valence-electron chi connectivity index (χ1n) is 8.54. The Bertz CT molecular complexity index is 1110. The number of pyridine rings is 1. The van der Waals surface area contributed by atoms with Crippen molar-refractivity contribution in [1.29, 1.82) is 0 Å². The fourth-order valence-corrected chi connectivity index (χ4v) is 4.33. The largest absolute Gasteiger partial charge is 0.444 e. The Labute approximate surface area is 162 Å². The average molecular weight is 395 g/mol. The monoisotopic (exact) mass is 395 g/mol. The maximum absolute atomic E-state index is 12.9. The summed E-state index contributed by atoms with van der Waals surface area (Å²) in [6.45, 7) is 3.65. The van der Waals surface area contributed by atoms with Gasteiger partial charge in [-0.1, -0.05) is 36.9 Å². The van der Waals surface area contributed by atoms with Gasteiger partial charge in [0, 0.05) is 29.9 Å². The number of carbonyl (C=O) groups excluding carboxylic acids is 1. The predicted octanol–water partition coefficient (Wildman–Crippen LogP) is 3.17. The molecule has 0 unspecified atom stereocenters. The van der Waals surface area contributed by atoms with E-state index in [2.05, 4.69) is 16.9 Å². The van der Waals surface area contributed by atoms with E-state index in [0.717, 1.165) is 17.2 Å². The van der Waals surface area contributed by atoms with E-state index in [9.17, 15) is 13.2 Å². The van der Waals surface area contributed by atoms with Crippen molar-refractivity contribution < 1.29 is 17.6 Å². The van der Waals surface area contributed by atoms with Crippen LogP contribution in [0.5, 0.6) is 0 Å². The number of furan rings is 1. The van der Waals surface area contributed by atoms with Gasteiger partial charge in [0.1, 0.15) is 10.7 Å². The minimum absolute atomic E-state index is 0.0993. The van der Waals surface area contributed by atoms with E-state index in [1.54, 1.807) is 18.2 Å². The van der Waals surface area contributed by atoms with E-state index in [-0.39, 0.29) is 29.8 Å². The lowest BCUT2D eigenvalue weighted by Crippen LogP contribution is -2.26. The van der Waals surface area contributed by atoms with Crippen LogP contribution >= 0.6 is 0 Å². The van der Waals surface area contributed by atoms with Crippen LogP contribution in [0, 0.1) is 0 Å². The average Bonchev–Trinajstić information content (AvgIpc) is 3.28. The summed E-state index contributed by atoms with van der Waals surface area (Å²) in [5.41, 5.74) is 2.34. The van der Waals surface area contributed by atoms with Crippen LogP contribution in [0.3, 0.4) is 0 Å². The van der Waals surface area contributed by atoms with E-state index >= 15 is 0 Å². The van der Waals surface area contributed by atoms with Gasteiger partial charge in [-0.05, 0) is 18.2 Å². The van der Waals surface area contributed by atoms with Crippen LogP contribution in [-0.2, 0) is 27.9 Å². The van der Waals surface area contributed by atoms with Gasteiger partial charge in [0.2, 0.25) is 15.9 Å². The van der Waals surface area contributed by atoms with Crippen LogP contribution in [0.4, 0.5) is 5.88 Å². The number of fused-ring (bicyclic) bond motifs is 1. The quantitative estimate of drug-likeness (QED) is 0.670. The van der Waals surface area contributed by atoms with E-state index < -0.39 is 10.0 Å². The van der Waals surface area contributed by atoms with E-state index in [1.165, 1.54) is 10.5 Å². The van der Waals surface area contributed by atoms with Crippen LogP contribution in [0.1, 0.15) is 11.3 Å². The molecule has 28 heavy (non-hydrogen) atoms. The molecular weight excluding hydrogens is 378 g/mol. The summed E-state index contributed by atoms with van der Waals surface area (Å²) in [5.74, 6) is 0.402. The Kier molecular flexibility index (Phi) is 4.58. The molecule has 0 radical (unpaired) electrons. The molecule has 7 nitrogen and oxygen atoms in total.